The van der Waals surface area contributed by atoms with Crippen molar-refractivity contribution in [1.82, 2.24) is 9.55 Å². The first kappa shape index (κ1) is 22.5. The molecule has 4 aromatic rings. The fourth-order valence-electron chi connectivity index (χ4n) is 3.06. The molecule has 0 fully saturated rings. The molecule has 32 heavy (non-hydrogen) atoms. The average Bonchev–Trinajstić information content (AvgIpc) is 2.76. The number of amides is 1. The molecular formula is C23H16BrClFN3O2S. The molecule has 1 N–H and O–H groups in total. The van der Waals surface area contributed by atoms with E-state index in [-0.39, 0.29) is 17.0 Å². The van der Waals surface area contributed by atoms with Gasteiger partial charge < -0.3 is 5.32 Å². The molecule has 0 aliphatic heterocycles. The van der Waals surface area contributed by atoms with Crippen LogP contribution in [0.15, 0.2) is 75.1 Å². The van der Waals surface area contributed by atoms with Gasteiger partial charge in [0.25, 0.3) is 5.56 Å². The van der Waals surface area contributed by atoms with E-state index in [1.165, 1.54) is 16.7 Å². The van der Waals surface area contributed by atoms with Gasteiger partial charge in [0, 0.05) is 9.50 Å². The van der Waals surface area contributed by atoms with Crippen molar-refractivity contribution >= 4 is 61.8 Å². The van der Waals surface area contributed by atoms with Gasteiger partial charge in [0.15, 0.2) is 5.16 Å². The van der Waals surface area contributed by atoms with Crippen LogP contribution in [-0.2, 0) is 4.79 Å². The number of para-hydroxylation sites is 1. The van der Waals surface area contributed by atoms with E-state index in [9.17, 15) is 14.0 Å². The molecule has 0 unspecified atom stereocenters. The fourth-order valence-corrected chi connectivity index (χ4v) is 4.39. The third-order valence-corrected chi connectivity index (χ3v) is 6.54. The number of aryl methyl sites for hydroxylation is 1. The molecule has 3 aromatic carbocycles. The highest BCUT2D eigenvalue weighted by Crippen LogP contribution is 2.25. The molecule has 0 spiro atoms. The molecule has 1 aromatic heterocycles. The largest absolute Gasteiger partial charge is 0.323 e. The summed E-state index contributed by atoms with van der Waals surface area (Å²) in [6.45, 7) is 1.87. The lowest BCUT2D eigenvalue weighted by molar-refractivity contribution is -0.113. The zero-order valence-corrected chi connectivity index (χ0v) is 19.9. The molecule has 0 aliphatic rings. The Balaban J connectivity index is 1.68. The zero-order valence-electron chi connectivity index (χ0n) is 16.7. The maximum absolute atomic E-state index is 14.0. The van der Waals surface area contributed by atoms with Crippen LogP contribution in [0.1, 0.15) is 5.56 Å². The van der Waals surface area contributed by atoms with Gasteiger partial charge in [0.1, 0.15) is 5.82 Å². The van der Waals surface area contributed by atoms with Gasteiger partial charge in [-0.15, -0.1) is 0 Å². The number of fused-ring (bicyclic) bond motifs is 1. The summed E-state index contributed by atoms with van der Waals surface area (Å²) in [5, 5.41) is 3.85. The van der Waals surface area contributed by atoms with Gasteiger partial charge in [-0.05, 0) is 55.0 Å². The number of carbonyl (C=O) groups excluding carboxylic acids is 1. The maximum Gasteiger partial charge on any atom is 0.266 e. The van der Waals surface area contributed by atoms with E-state index in [0.717, 1.165) is 17.3 Å². The number of hydrogen-bond donors (Lipinski definition) is 1. The van der Waals surface area contributed by atoms with Gasteiger partial charge in [-0.25, -0.2) is 9.37 Å². The first-order valence-electron chi connectivity index (χ1n) is 9.49. The third-order valence-electron chi connectivity index (χ3n) is 4.70. The lowest BCUT2D eigenvalue weighted by Crippen LogP contribution is -2.23. The Labute approximate surface area is 200 Å². The first-order valence-corrected chi connectivity index (χ1v) is 11.6. The fraction of sp³-hybridized carbons (Fsp3) is 0.0870. The van der Waals surface area contributed by atoms with Crippen LogP contribution in [0.25, 0.3) is 16.6 Å². The number of halogens is 3. The predicted octanol–water partition coefficient (Wildman–Crippen LogP) is 5.98. The molecule has 9 heteroatoms. The Morgan fingerprint density at radius 1 is 1.19 bits per heavy atom. The van der Waals surface area contributed by atoms with Gasteiger partial charge in [-0.1, -0.05) is 57.5 Å². The van der Waals surface area contributed by atoms with Gasteiger partial charge in [-0.3, -0.25) is 14.2 Å². The van der Waals surface area contributed by atoms with E-state index in [4.69, 9.17) is 11.6 Å². The minimum absolute atomic E-state index is 0.0696. The van der Waals surface area contributed by atoms with Crippen LogP contribution in [0.2, 0.25) is 5.02 Å². The van der Waals surface area contributed by atoms with E-state index >= 15 is 0 Å². The summed E-state index contributed by atoms with van der Waals surface area (Å²) in [6.07, 6.45) is 0. The quantitative estimate of drug-likeness (QED) is 0.254. The molecule has 0 atom stereocenters. The van der Waals surface area contributed by atoms with Crippen LogP contribution in [-0.4, -0.2) is 21.2 Å². The predicted molar refractivity (Wildman–Crippen MR) is 131 cm³/mol. The second kappa shape index (κ2) is 9.44. The summed E-state index contributed by atoms with van der Waals surface area (Å²) in [4.78, 5) is 30.3. The minimum atomic E-state index is -0.548. The molecule has 5 nitrogen and oxygen atoms in total. The highest BCUT2D eigenvalue weighted by atomic mass is 79.9. The van der Waals surface area contributed by atoms with Gasteiger partial charge >= 0.3 is 0 Å². The summed E-state index contributed by atoms with van der Waals surface area (Å²) in [7, 11) is 0. The van der Waals surface area contributed by atoms with Crippen LogP contribution < -0.4 is 10.9 Å². The Hall–Kier alpha value is -2.68. The molecule has 0 saturated heterocycles. The highest BCUT2D eigenvalue weighted by Gasteiger charge is 2.16. The van der Waals surface area contributed by atoms with Crippen molar-refractivity contribution in [2.45, 2.75) is 12.1 Å². The van der Waals surface area contributed by atoms with Crippen LogP contribution >= 0.6 is 39.3 Å². The van der Waals surface area contributed by atoms with E-state index in [0.29, 0.717) is 31.2 Å². The summed E-state index contributed by atoms with van der Waals surface area (Å²) < 4.78 is 16.0. The number of hydrogen-bond acceptors (Lipinski definition) is 4. The SMILES string of the molecule is Cc1ccc(-n2c(SCC(=O)Nc3ccc(Br)cc3F)nc3ccccc3c2=O)cc1Cl. The number of anilines is 1. The number of carbonyl (C=O) groups is 1. The molecule has 0 saturated carbocycles. The van der Waals surface area contributed by atoms with E-state index < -0.39 is 11.7 Å². The zero-order chi connectivity index (χ0) is 22.8. The first-order chi connectivity index (χ1) is 15.3. The van der Waals surface area contributed by atoms with Gasteiger partial charge in [0.2, 0.25) is 5.91 Å². The molecule has 0 bridgehead atoms. The van der Waals surface area contributed by atoms with Crippen molar-refractivity contribution in [3.63, 3.8) is 0 Å². The summed E-state index contributed by atoms with van der Waals surface area (Å²) in [6, 6.07) is 16.7. The van der Waals surface area contributed by atoms with Crippen molar-refractivity contribution < 1.29 is 9.18 Å². The third kappa shape index (κ3) is 4.72. The van der Waals surface area contributed by atoms with Gasteiger partial charge in [0.05, 0.1) is 28.0 Å². The number of aromatic nitrogens is 2. The number of rotatable bonds is 5. The summed E-state index contributed by atoms with van der Waals surface area (Å²) in [5.41, 5.74) is 1.76. The lowest BCUT2D eigenvalue weighted by atomic mass is 10.2. The van der Waals surface area contributed by atoms with E-state index in [1.54, 1.807) is 42.5 Å². The molecule has 4 rings (SSSR count). The summed E-state index contributed by atoms with van der Waals surface area (Å²) in [5.74, 6) is -1.04. The molecule has 0 radical (unpaired) electrons. The van der Waals surface area contributed by atoms with E-state index in [2.05, 4.69) is 26.2 Å². The van der Waals surface area contributed by atoms with Gasteiger partial charge in [-0.2, -0.15) is 0 Å². The van der Waals surface area contributed by atoms with Crippen molar-refractivity contribution in [1.29, 1.82) is 0 Å². The van der Waals surface area contributed by atoms with Crippen molar-refractivity contribution in [2.24, 2.45) is 0 Å². The normalized spacial score (nSPS) is 11.0. The monoisotopic (exact) mass is 531 g/mol. The number of nitrogens with one attached hydrogen (secondary N) is 1. The van der Waals surface area contributed by atoms with Crippen LogP contribution in [0.5, 0.6) is 0 Å². The Morgan fingerprint density at radius 2 is 1.97 bits per heavy atom. The van der Waals surface area contributed by atoms with Crippen LogP contribution in [0.3, 0.4) is 0 Å². The van der Waals surface area contributed by atoms with Crippen LogP contribution in [0.4, 0.5) is 10.1 Å². The molecule has 1 amide bonds. The standard InChI is InChI=1S/C23H16BrClFN3O2S/c1-13-6-8-15(11-17(13)25)29-22(31)16-4-2-3-5-19(16)28-23(29)32-12-21(30)27-20-9-7-14(24)10-18(20)26/h2-11H,12H2,1H3,(H,27,30). The Kier molecular flexibility index (Phi) is 6.64. The molecular weight excluding hydrogens is 517 g/mol. The lowest BCUT2D eigenvalue weighted by Gasteiger charge is -2.14. The molecule has 1 heterocycles. The van der Waals surface area contributed by atoms with E-state index in [1.807, 2.05) is 13.0 Å². The topological polar surface area (TPSA) is 64.0 Å². The average molecular weight is 533 g/mol. The number of thioether (sulfide) groups is 1. The Morgan fingerprint density at radius 3 is 2.72 bits per heavy atom. The van der Waals surface area contributed by atoms with Crippen LogP contribution in [0, 0.1) is 12.7 Å². The Bertz CT molecular complexity index is 1410. The molecule has 162 valence electrons. The number of nitrogens with zero attached hydrogens (tertiary/aromatic N) is 2. The highest BCUT2D eigenvalue weighted by molar-refractivity contribution is 9.10. The minimum Gasteiger partial charge on any atom is -0.323 e. The van der Waals surface area contributed by atoms with Crippen molar-refractivity contribution in [3.05, 3.63) is 91.9 Å². The second-order valence-electron chi connectivity index (χ2n) is 6.95. The molecule has 0 aliphatic carbocycles. The second-order valence-corrected chi connectivity index (χ2v) is 9.21. The smallest absolute Gasteiger partial charge is 0.266 e. The number of benzene rings is 3. The maximum atomic E-state index is 14.0. The van der Waals surface area contributed by atoms with Crippen molar-refractivity contribution in [2.75, 3.05) is 11.1 Å². The summed E-state index contributed by atoms with van der Waals surface area (Å²) >= 11 is 10.6. The van der Waals surface area contributed by atoms with Crippen molar-refractivity contribution in [3.8, 4) is 5.69 Å².